The molecule has 0 spiro atoms. The summed E-state index contributed by atoms with van der Waals surface area (Å²) < 4.78 is 0.915. The number of benzene rings is 1. The highest BCUT2D eigenvalue weighted by molar-refractivity contribution is 9.11. The van der Waals surface area contributed by atoms with E-state index in [-0.39, 0.29) is 11.8 Å². The van der Waals surface area contributed by atoms with Gasteiger partial charge in [0.05, 0.1) is 9.35 Å². The second-order valence-electron chi connectivity index (χ2n) is 4.65. The van der Waals surface area contributed by atoms with Crippen molar-refractivity contribution >= 4 is 44.8 Å². The number of thiophene rings is 1. The molecule has 0 saturated heterocycles. The van der Waals surface area contributed by atoms with Gasteiger partial charge < -0.3 is 10.2 Å². The van der Waals surface area contributed by atoms with E-state index in [1.807, 2.05) is 13.8 Å². The minimum absolute atomic E-state index is 0.00430. The summed E-state index contributed by atoms with van der Waals surface area (Å²) in [4.78, 5) is 26.0. The van der Waals surface area contributed by atoms with Crippen molar-refractivity contribution in [2.75, 3.05) is 18.4 Å². The third kappa shape index (κ3) is 3.96. The molecule has 2 rings (SSSR count). The fraction of sp³-hybridized carbons (Fsp3) is 0.250. The Kier molecular flexibility index (Phi) is 5.74. The Morgan fingerprint density at radius 2 is 1.77 bits per heavy atom. The summed E-state index contributed by atoms with van der Waals surface area (Å²) in [6, 6.07) is 8.74. The topological polar surface area (TPSA) is 49.4 Å². The number of nitrogens with zero attached hydrogens (tertiary/aromatic N) is 1. The van der Waals surface area contributed by atoms with Gasteiger partial charge in [-0.3, -0.25) is 9.59 Å². The minimum Gasteiger partial charge on any atom is -0.339 e. The molecule has 0 aliphatic carbocycles. The van der Waals surface area contributed by atoms with Crippen LogP contribution in [0.25, 0.3) is 0 Å². The Balaban J connectivity index is 2.06. The molecule has 6 heteroatoms. The molecule has 0 aliphatic heterocycles. The van der Waals surface area contributed by atoms with Crippen LogP contribution in [0.2, 0.25) is 0 Å². The predicted molar refractivity (Wildman–Crippen MR) is 93.7 cm³/mol. The molecule has 22 heavy (non-hydrogen) atoms. The smallest absolute Gasteiger partial charge is 0.256 e. The molecule has 2 amide bonds. The van der Waals surface area contributed by atoms with Crippen LogP contribution in [-0.2, 0) is 0 Å². The molecule has 1 aromatic carbocycles. The van der Waals surface area contributed by atoms with Crippen LogP contribution in [0.3, 0.4) is 0 Å². The van der Waals surface area contributed by atoms with Gasteiger partial charge in [0.25, 0.3) is 11.8 Å². The van der Waals surface area contributed by atoms with Gasteiger partial charge in [-0.05, 0) is 60.1 Å². The molecule has 0 aliphatic rings. The van der Waals surface area contributed by atoms with Gasteiger partial charge in [-0.2, -0.15) is 0 Å². The first-order valence-electron chi connectivity index (χ1n) is 6.99. The largest absolute Gasteiger partial charge is 0.339 e. The number of hydrogen-bond acceptors (Lipinski definition) is 3. The predicted octanol–water partition coefficient (Wildman–Crippen LogP) is 4.24. The van der Waals surface area contributed by atoms with Gasteiger partial charge >= 0.3 is 0 Å². The number of hydrogen-bond donors (Lipinski definition) is 1. The van der Waals surface area contributed by atoms with Crippen LogP contribution in [0.4, 0.5) is 5.69 Å². The number of amides is 2. The Labute approximate surface area is 142 Å². The van der Waals surface area contributed by atoms with Crippen molar-refractivity contribution in [3.63, 3.8) is 0 Å². The summed E-state index contributed by atoms with van der Waals surface area (Å²) in [6.45, 7) is 5.27. The Morgan fingerprint density at radius 3 is 2.27 bits per heavy atom. The molecule has 0 unspecified atom stereocenters. The van der Waals surface area contributed by atoms with Crippen molar-refractivity contribution in [2.45, 2.75) is 13.8 Å². The first-order valence-corrected chi connectivity index (χ1v) is 8.67. The van der Waals surface area contributed by atoms with Crippen molar-refractivity contribution in [1.29, 1.82) is 0 Å². The van der Waals surface area contributed by atoms with Gasteiger partial charge in [-0.1, -0.05) is 0 Å². The normalized spacial score (nSPS) is 10.3. The van der Waals surface area contributed by atoms with Gasteiger partial charge in [0.1, 0.15) is 0 Å². The summed E-state index contributed by atoms with van der Waals surface area (Å²) in [5, 5.41) is 4.61. The first kappa shape index (κ1) is 16.7. The lowest BCUT2D eigenvalue weighted by Crippen LogP contribution is -2.30. The molecule has 116 valence electrons. The van der Waals surface area contributed by atoms with E-state index in [2.05, 4.69) is 21.2 Å². The van der Waals surface area contributed by atoms with Gasteiger partial charge in [0, 0.05) is 29.7 Å². The fourth-order valence-electron chi connectivity index (χ4n) is 2.02. The van der Waals surface area contributed by atoms with Crippen molar-refractivity contribution in [1.82, 2.24) is 4.90 Å². The number of carbonyl (C=O) groups excluding carboxylic acids is 2. The van der Waals surface area contributed by atoms with Crippen LogP contribution >= 0.6 is 27.3 Å². The summed E-state index contributed by atoms with van der Waals surface area (Å²) in [6.07, 6.45) is 0. The molecule has 0 radical (unpaired) electrons. The van der Waals surface area contributed by atoms with Crippen molar-refractivity contribution in [3.05, 3.63) is 50.6 Å². The van der Waals surface area contributed by atoms with Crippen LogP contribution in [0.5, 0.6) is 0 Å². The van der Waals surface area contributed by atoms with E-state index in [1.54, 1.807) is 40.6 Å². The molecule has 1 aromatic heterocycles. The quantitative estimate of drug-likeness (QED) is 0.842. The molecule has 1 N–H and O–H groups in total. The van der Waals surface area contributed by atoms with Crippen LogP contribution in [-0.4, -0.2) is 29.8 Å². The van der Waals surface area contributed by atoms with Crippen LogP contribution in [0.15, 0.2) is 39.5 Å². The second-order valence-corrected chi connectivity index (χ2v) is 6.94. The van der Waals surface area contributed by atoms with Crippen LogP contribution in [0, 0.1) is 0 Å². The Morgan fingerprint density at radius 1 is 1.14 bits per heavy atom. The Bertz CT molecular complexity index is 663. The molecule has 4 nitrogen and oxygen atoms in total. The summed E-state index contributed by atoms with van der Waals surface area (Å²) >= 11 is 4.80. The summed E-state index contributed by atoms with van der Waals surface area (Å²) in [7, 11) is 0. The molecular formula is C16H17BrN2O2S. The minimum atomic E-state index is -0.162. The van der Waals surface area contributed by atoms with E-state index >= 15 is 0 Å². The van der Waals surface area contributed by atoms with Crippen molar-refractivity contribution in [2.24, 2.45) is 0 Å². The maximum absolute atomic E-state index is 12.2. The Hall–Kier alpha value is -1.66. The molecule has 2 aromatic rings. The first-order chi connectivity index (χ1) is 10.5. The molecule has 0 bridgehead atoms. The van der Waals surface area contributed by atoms with Crippen molar-refractivity contribution in [3.8, 4) is 0 Å². The lowest BCUT2D eigenvalue weighted by molar-refractivity contribution is 0.0773. The average Bonchev–Trinajstić information content (AvgIpc) is 2.96. The van der Waals surface area contributed by atoms with E-state index in [4.69, 9.17) is 0 Å². The van der Waals surface area contributed by atoms with Crippen molar-refractivity contribution < 1.29 is 9.59 Å². The lowest BCUT2D eigenvalue weighted by atomic mass is 10.1. The zero-order valence-corrected chi connectivity index (χ0v) is 14.8. The van der Waals surface area contributed by atoms with E-state index in [9.17, 15) is 9.59 Å². The molecule has 0 fully saturated rings. The standard InChI is InChI=1S/C16H17BrN2O2S/c1-3-19(4-2)16(21)11-5-7-13(8-6-11)18-15(20)12-9-14(17)22-10-12/h5-10H,3-4H2,1-2H3,(H,18,20). The molecule has 0 saturated carbocycles. The number of anilines is 1. The fourth-order valence-corrected chi connectivity index (χ4v) is 3.16. The van der Waals surface area contributed by atoms with Gasteiger partial charge in [-0.15, -0.1) is 11.3 Å². The number of rotatable bonds is 5. The summed E-state index contributed by atoms with van der Waals surface area (Å²) in [5.74, 6) is -0.158. The SMILES string of the molecule is CCN(CC)C(=O)c1ccc(NC(=O)c2csc(Br)c2)cc1. The highest BCUT2D eigenvalue weighted by Gasteiger charge is 2.13. The highest BCUT2D eigenvalue weighted by Crippen LogP contribution is 2.21. The third-order valence-electron chi connectivity index (χ3n) is 3.27. The van der Waals surface area contributed by atoms with E-state index < -0.39 is 0 Å². The maximum atomic E-state index is 12.2. The van der Waals surface area contributed by atoms with Crippen LogP contribution in [0.1, 0.15) is 34.6 Å². The average molecular weight is 381 g/mol. The van der Waals surface area contributed by atoms with E-state index in [0.29, 0.717) is 29.9 Å². The van der Waals surface area contributed by atoms with Gasteiger partial charge in [0.15, 0.2) is 0 Å². The zero-order valence-electron chi connectivity index (χ0n) is 12.4. The van der Waals surface area contributed by atoms with Gasteiger partial charge in [0.2, 0.25) is 0 Å². The molecular weight excluding hydrogens is 364 g/mol. The maximum Gasteiger partial charge on any atom is 0.256 e. The monoisotopic (exact) mass is 380 g/mol. The third-order valence-corrected chi connectivity index (χ3v) is 4.77. The van der Waals surface area contributed by atoms with E-state index in [1.165, 1.54) is 11.3 Å². The zero-order chi connectivity index (χ0) is 16.1. The second kappa shape index (κ2) is 7.56. The van der Waals surface area contributed by atoms with E-state index in [0.717, 1.165) is 3.79 Å². The van der Waals surface area contributed by atoms with Gasteiger partial charge in [-0.25, -0.2) is 0 Å². The summed E-state index contributed by atoms with van der Waals surface area (Å²) in [5.41, 5.74) is 1.91. The number of halogens is 1. The van der Waals surface area contributed by atoms with Crippen LogP contribution < -0.4 is 5.32 Å². The molecule has 0 atom stereocenters. The number of nitrogens with one attached hydrogen (secondary N) is 1. The number of carbonyl (C=O) groups is 2. The molecule has 1 heterocycles. The lowest BCUT2D eigenvalue weighted by Gasteiger charge is -2.18. The highest BCUT2D eigenvalue weighted by atomic mass is 79.9.